The highest BCUT2D eigenvalue weighted by Crippen LogP contribution is 2.39. The van der Waals surface area contributed by atoms with Gasteiger partial charge in [-0.25, -0.2) is 0 Å². The second kappa shape index (κ2) is 10.8. The lowest BCUT2D eigenvalue weighted by Crippen LogP contribution is -2.40. The van der Waals surface area contributed by atoms with Gasteiger partial charge in [0.15, 0.2) is 0 Å². The zero-order valence-electron chi connectivity index (χ0n) is 18.6. The summed E-state index contributed by atoms with van der Waals surface area (Å²) in [6, 6.07) is 16.0. The van der Waals surface area contributed by atoms with Gasteiger partial charge in [0.25, 0.3) is 11.8 Å². The molecule has 1 fully saturated rings. The first-order chi connectivity index (χ1) is 15.6. The number of hydrogen-bond acceptors (Lipinski definition) is 4. The lowest BCUT2D eigenvalue weighted by atomic mass is 10.00. The van der Waals surface area contributed by atoms with Crippen LogP contribution in [0, 0.1) is 0 Å². The molecule has 4 rings (SSSR count). The Morgan fingerprint density at radius 2 is 2.06 bits per heavy atom. The molecule has 32 heavy (non-hydrogen) atoms. The van der Waals surface area contributed by atoms with E-state index in [1.165, 1.54) is 44.0 Å². The van der Waals surface area contributed by atoms with Gasteiger partial charge in [0.05, 0.1) is 10.6 Å². The van der Waals surface area contributed by atoms with Gasteiger partial charge in [0, 0.05) is 29.6 Å². The van der Waals surface area contributed by atoms with E-state index in [0.717, 1.165) is 23.4 Å². The lowest BCUT2D eigenvalue weighted by molar-refractivity contribution is -0.112. The normalized spacial score (nSPS) is 20.0. The van der Waals surface area contributed by atoms with Crippen molar-refractivity contribution in [1.29, 1.82) is 0 Å². The molecule has 2 aliphatic heterocycles. The molecule has 0 spiro atoms. The van der Waals surface area contributed by atoms with Crippen LogP contribution in [0.4, 0.5) is 5.69 Å². The largest absolute Gasteiger partial charge is 0.352 e. The maximum atomic E-state index is 12.6. The summed E-state index contributed by atoms with van der Waals surface area (Å²) >= 11 is 1.43. The van der Waals surface area contributed by atoms with Crippen LogP contribution in [0.1, 0.15) is 54.9 Å². The molecule has 5 nitrogen and oxygen atoms in total. The number of benzene rings is 2. The first-order valence-corrected chi connectivity index (χ1v) is 12.4. The monoisotopic (exact) mass is 449 g/mol. The van der Waals surface area contributed by atoms with Crippen LogP contribution in [-0.4, -0.2) is 42.4 Å². The summed E-state index contributed by atoms with van der Waals surface area (Å²) in [7, 11) is 0. The number of thioether (sulfide) groups is 1. The fraction of sp³-hybridized carbons (Fsp3) is 0.385. The summed E-state index contributed by atoms with van der Waals surface area (Å²) in [5.41, 5.74) is 2.25. The van der Waals surface area contributed by atoms with Crippen molar-refractivity contribution in [2.45, 2.75) is 50.0 Å². The molecule has 6 heteroatoms. The van der Waals surface area contributed by atoms with E-state index in [9.17, 15) is 9.59 Å². The van der Waals surface area contributed by atoms with E-state index in [1.807, 2.05) is 48.5 Å². The Hall–Kier alpha value is -2.57. The minimum absolute atomic E-state index is 0.0941. The maximum absolute atomic E-state index is 12.6. The summed E-state index contributed by atoms with van der Waals surface area (Å²) < 4.78 is 0. The zero-order chi connectivity index (χ0) is 22.3. The second-order valence-electron chi connectivity index (χ2n) is 8.39. The number of carbonyl (C=O) groups is 2. The molecule has 0 radical (unpaired) electrons. The van der Waals surface area contributed by atoms with Crippen LogP contribution in [0.5, 0.6) is 0 Å². The van der Waals surface area contributed by atoms with E-state index in [1.54, 1.807) is 6.07 Å². The van der Waals surface area contributed by atoms with Crippen LogP contribution in [0.3, 0.4) is 0 Å². The molecule has 2 aliphatic rings. The third-order valence-electron chi connectivity index (χ3n) is 6.16. The standard InChI is InChI=1S/C26H31N3O2S/c1-2-21-11-6-7-15-29(21)16-8-14-27-25(30)20-12-13-23-22(18-20)28-26(31)24(32-23)17-19-9-4-3-5-10-19/h3-5,9-10,12-13,17-18,21H,2,6-8,11,14-16H2,1H3,(H,27,30)(H,28,31)/b24-17-/t21-/m1/s1. The Balaban J connectivity index is 1.32. The van der Waals surface area contributed by atoms with Gasteiger partial charge in [-0.2, -0.15) is 0 Å². The molecular formula is C26H31N3O2S. The van der Waals surface area contributed by atoms with Crippen molar-refractivity contribution in [2.24, 2.45) is 0 Å². The van der Waals surface area contributed by atoms with Crippen molar-refractivity contribution >= 4 is 35.3 Å². The first-order valence-electron chi connectivity index (χ1n) is 11.6. The van der Waals surface area contributed by atoms with Crippen molar-refractivity contribution in [3.63, 3.8) is 0 Å². The Labute approximate surface area is 194 Å². The molecule has 2 aromatic rings. The van der Waals surface area contributed by atoms with E-state index in [4.69, 9.17) is 0 Å². The molecule has 1 atom stereocenters. The summed E-state index contributed by atoms with van der Waals surface area (Å²) in [6.07, 6.45) is 7.95. The van der Waals surface area contributed by atoms with E-state index in [2.05, 4.69) is 22.5 Å². The lowest BCUT2D eigenvalue weighted by Gasteiger charge is -2.35. The number of nitrogens with one attached hydrogen (secondary N) is 2. The number of anilines is 1. The summed E-state index contributed by atoms with van der Waals surface area (Å²) in [4.78, 5) is 29.3. The molecule has 2 aromatic carbocycles. The summed E-state index contributed by atoms with van der Waals surface area (Å²) in [6.45, 7) is 5.13. The molecule has 0 aromatic heterocycles. The third-order valence-corrected chi connectivity index (χ3v) is 7.26. The number of fused-ring (bicyclic) bond motifs is 1. The van der Waals surface area contributed by atoms with Gasteiger partial charge < -0.3 is 15.5 Å². The molecular weight excluding hydrogens is 418 g/mol. The van der Waals surface area contributed by atoms with E-state index in [-0.39, 0.29) is 11.8 Å². The minimum Gasteiger partial charge on any atom is -0.352 e. The Kier molecular flexibility index (Phi) is 7.66. The highest BCUT2D eigenvalue weighted by molar-refractivity contribution is 8.04. The maximum Gasteiger partial charge on any atom is 0.262 e. The number of likely N-dealkylation sites (tertiary alicyclic amines) is 1. The van der Waals surface area contributed by atoms with Crippen LogP contribution < -0.4 is 10.6 Å². The van der Waals surface area contributed by atoms with Gasteiger partial charge in [-0.1, -0.05) is 55.4 Å². The average molecular weight is 450 g/mol. The molecule has 0 saturated carbocycles. The van der Waals surface area contributed by atoms with E-state index < -0.39 is 0 Å². The summed E-state index contributed by atoms with van der Waals surface area (Å²) in [5.74, 6) is -0.237. The number of piperidine rings is 1. The quantitative estimate of drug-likeness (QED) is 0.453. The van der Waals surface area contributed by atoms with Gasteiger partial charge in [0.2, 0.25) is 0 Å². The average Bonchev–Trinajstić information content (AvgIpc) is 2.82. The molecule has 2 N–H and O–H groups in total. The number of amides is 2. The van der Waals surface area contributed by atoms with Gasteiger partial charge >= 0.3 is 0 Å². The van der Waals surface area contributed by atoms with Crippen LogP contribution in [0.2, 0.25) is 0 Å². The Morgan fingerprint density at radius 1 is 1.22 bits per heavy atom. The van der Waals surface area contributed by atoms with Crippen LogP contribution in [-0.2, 0) is 4.79 Å². The number of hydrogen-bond donors (Lipinski definition) is 2. The Bertz CT molecular complexity index is 990. The smallest absolute Gasteiger partial charge is 0.262 e. The van der Waals surface area contributed by atoms with E-state index in [0.29, 0.717) is 28.7 Å². The predicted molar refractivity (Wildman–Crippen MR) is 132 cm³/mol. The third kappa shape index (κ3) is 5.61. The fourth-order valence-corrected chi connectivity index (χ4v) is 5.34. The molecule has 0 aliphatic carbocycles. The van der Waals surface area contributed by atoms with Crippen molar-refractivity contribution in [3.8, 4) is 0 Å². The molecule has 1 saturated heterocycles. The highest BCUT2D eigenvalue weighted by Gasteiger charge is 2.23. The van der Waals surface area contributed by atoms with Crippen LogP contribution in [0.25, 0.3) is 6.08 Å². The van der Waals surface area contributed by atoms with Crippen LogP contribution in [0.15, 0.2) is 58.3 Å². The number of nitrogens with zero attached hydrogens (tertiary/aromatic N) is 1. The molecule has 0 unspecified atom stereocenters. The zero-order valence-corrected chi connectivity index (χ0v) is 19.4. The Morgan fingerprint density at radius 3 is 2.88 bits per heavy atom. The van der Waals surface area contributed by atoms with Crippen molar-refractivity contribution in [1.82, 2.24) is 10.2 Å². The minimum atomic E-state index is -0.143. The van der Waals surface area contributed by atoms with Gasteiger partial charge in [-0.3, -0.25) is 9.59 Å². The van der Waals surface area contributed by atoms with Crippen molar-refractivity contribution < 1.29 is 9.59 Å². The first kappa shape index (κ1) is 22.6. The molecule has 2 amide bonds. The topological polar surface area (TPSA) is 61.4 Å². The summed E-state index contributed by atoms with van der Waals surface area (Å²) in [5, 5.41) is 5.97. The van der Waals surface area contributed by atoms with Gasteiger partial charge in [-0.05, 0) is 62.1 Å². The second-order valence-corrected chi connectivity index (χ2v) is 9.47. The SMILES string of the molecule is CC[C@@H]1CCCCN1CCCNC(=O)c1ccc2c(c1)NC(=O)/C(=C/c1ccccc1)S2. The van der Waals surface area contributed by atoms with Crippen molar-refractivity contribution in [2.75, 3.05) is 25.0 Å². The van der Waals surface area contributed by atoms with Gasteiger partial charge in [-0.15, -0.1) is 0 Å². The number of carbonyl (C=O) groups excluding carboxylic acids is 2. The van der Waals surface area contributed by atoms with Crippen LogP contribution >= 0.6 is 11.8 Å². The van der Waals surface area contributed by atoms with Gasteiger partial charge in [0.1, 0.15) is 0 Å². The highest BCUT2D eigenvalue weighted by atomic mass is 32.2. The molecule has 2 heterocycles. The van der Waals surface area contributed by atoms with Crippen molar-refractivity contribution in [3.05, 3.63) is 64.6 Å². The fourth-order valence-electron chi connectivity index (χ4n) is 4.41. The number of rotatable bonds is 7. The van der Waals surface area contributed by atoms with E-state index >= 15 is 0 Å². The molecule has 168 valence electrons. The molecule has 0 bridgehead atoms. The predicted octanol–water partition coefficient (Wildman–Crippen LogP) is 5.16.